The summed E-state index contributed by atoms with van der Waals surface area (Å²) >= 11 is 0. The Morgan fingerprint density at radius 3 is 2.52 bits per heavy atom. The molecular formula is C39H56N8O6Si. The number of nitrogens with one attached hydrogen (secondary N) is 1. The molecule has 1 unspecified atom stereocenters. The number of carbonyl (C=O) groups is 1. The summed E-state index contributed by atoms with van der Waals surface area (Å²) in [6.07, 6.45) is 5.35. The van der Waals surface area contributed by atoms with Crippen molar-refractivity contribution in [2.75, 3.05) is 19.8 Å². The van der Waals surface area contributed by atoms with Crippen LogP contribution in [-0.4, -0.2) is 85.3 Å². The highest BCUT2D eigenvalue weighted by Gasteiger charge is 2.37. The molecule has 5 heterocycles. The van der Waals surface area contributed by atoms with Crippen molar-refractivity contribution in [3.63, 3.8) is 0 Å². The van der Waals surface area contributed by atoms with E-state index in [-0.39, 0.29) is 30.5 Å². The van der Waals surface area contributed by atoms with Crippen LogP contribution in [0.3, 0.4) is 0 Å². The SMILES string of the molecule is C[C@@H](CNC(=O)OC(C)(C)C)Oc1c(-c2cnc3c(c2)c(-c2ccc4nn(CCO[Si](C)(C)C(C)(C)C)c(CO)c4c2)nn3C2CCCCO2)cnn1C. The van der Waals surface area contributed by atoms with Gasteiger partial charge in [0.05, 0.1) is 49.3 Å². The molecule has 54 heavy (non-hydrogen) atoms. The van der Waals surface area contributed by atoms with E-state index in [1.54, 1.807) is 10.9 Å². The minimum Gasteiger partial charge on any atom is -0.472 e. The van der Waals surface area contributed by atoms with Gasteiger partial charge in [-0.25, -0.2) is 19.1 Å². The lowest BCUT2D eigenvalue weighted by Gasteiger charge is -2.36. The second kappa shape index (κ2) is 15.4. The molecule has 1 saturated heterocycles. The monoisotopic (exact) mass is 760 g/mol. The van der Waals surface area contributed by atoms with Gasteiger partial charge in [-0.15, -0.1) is 0 Å². The Kier molecular flexibility index (Phi) is 11.3. The first-order valence-electron chi connectivity index (χ1n) is 18.9. The van der Waals surface area contributed by atoms with Crippen LogP contribution in [0.25, 0.3) is 44.3 Å². The lowest BCUT2D eigenvalue weighted by molar-refractivity contribution is -0.0368. The van der Waals surface area contributed by atoms with Crippen LogP contribution in [0, 0.1) is 0 Å². The topological polar surface area (TPSA) is 153 Å². The highest BCUT2D eigenvalue weighted by atomic mass is 28.4. The Bertz CT molecular complexity index is 2100. The van der Waals surface area contributed by atoms with Crippen LogP contribution in [0.4, 0.5) is 4.79 Å². The number of fused-ring (bicyclic) bond motifs is 2. The smallest absolute Gasteiger partial charge is 0.407 e. The second-order valence-electron chi connectivity index (χ2n) is 16.7. The van der Waals surface area contributed by atoms with Crippen LogP contribution in [0.2, 0.25) is 18.1 Å². The molecule has 292 valence electrons. The van der Waals surface area contributed by atoms with Crippen LogP contribution in [0.1, 0.15) is 79.7 Å². The average Bonchev–Trinajstić information content (AvgIpc) is 3.78. The summed E-state index contributed by atoms with van der Waals surface area (Å²) in [5.74, 6) is 0.540. The van der Waals surface area contributed by atoms with Crippen molar-refractivity contribution >= 4 is 36.3 Å². The Balaban J connectivity index is 1.34. The fourth-order valence-electron chi connectivity index (χ4n) is 6.33. The molecule has 0 radical (unpaired) electrons. The van der Waals surface area contributed by atoms with Gasteiger partial charge in [-0.3, -0.25) is 4.68 Å². The van der Waals surface area contributed by atoms with Gasteiger partial charge in [-0.1, -0.05) is 26.8 Å². The third-order valence-electron chi connectivity index (χ3n) is 10.3. The molecule has 1 fully saturated rings. The van der Waals surface area contributed by atoms with Crippen LogP contribution >= 0.6 is 0 Å². The normalized spacial score (nSPS) is 16.2. The number of hydrogen-bond donors (Lipinski definition) is 2. The number of rotatable bonds is 12. The van der Waals surface area contributed by atoms with Crippen molar-refractivity contribution in [2.45, 2.75) is 117 Å². The number of amides is 1. The number of nitrogens with zero attached hydrogens (tertiary/aromatic N) is 7. The molecule has 1 aromatic carbocycles. The van der Waals surface area contributed by atoms with Crippen molar-refractivity contribution in [1.82, 2.24) is 39.6 Å². The standard InChI is InChI=1S/C39H56N8O6Si/c1-25(21-41-37(49)53-38(2,3)4)52-36-30(23-42-45(36)8)27-20-29-34(44-47(35(29)40-22-27)33-13-11-12-17-50-33)26-14-15-31-28(19-26)32(24-48)46(43-31)16-18-51-54(9,10)39(5,6)7/h14-15,19-20,22-23,25,33,48H,11-13,16-18,21,24H2,1-10H3,(H,41,49)/t25-,33?/m0/s1. The van der Waals surface area contributed by atoms with Gasteiger partial charge < -0.3 is 29.1 Å². The highest BCUT2D eigenvalue weighted by molar-refractivity contribution is 6.74. The van der Waals surface area contributed by atoms with E-state index in [1.165, 1.54) is 0 Å². The number of ether oxygens (including phenoxy) is 3. The van der Waals surface area contributed by atoms with Gasteiger partial charge in [0.2, 0.25) is 5.88 Å². The van der Waals surface area contributed by atoms with E-state index in [0.29, 0.717) is 31.3 Å². The summed E-state index contributed by atoms with van der Waals surface area (Å²) in [5, 5.41) is 29.7. The maximum atomic E-state index is 12.3. The molecule has 15 heteroatoms. The van der Waals surface area contributed by atoms with Crippen molar-refractivity contribution < 1.29 is 28.5 Å². The zero-order valence-corrected chi connectivity index (χ0v) is 34.4. The van der Waals surface area contributed by atoms with E-state index in [2.05, 4.69) is 56.4 Å². The van der Waals surface area contributed by atoms with Gasteiger partial charge >= 0.3 is 6.09 Å². The minimum atomic E-state index is -1.94. The predicted molar refractivity (Wildman–Crippen MR) is 211 cm³/mol. The summed E-state index contributed by atoms with van der Waals surface area (Å²) in [4.78, 5) is 17.2. The van der Waals surface area contributed by atoms with E-state index >= 15 is 0 Å². The Labute approximate surface area is 318 Å². The minimum absolute atomic E-state index is 0.102. The molecule has 0 aliphatic carbocycles. The molecule has 2 atom stereocenters. The molecule has 5 aromatic rings. The summed E-state index contributed by atoms with van der Waals surface area (Å²) in [7, 11) is -0.119. The molecule has 0 spiro atoms. The van der Waals surface area contributed by atoms with Crippen molar-refractivity contribution in [2.24, 2.45) is 7.05 Å². The van der Waals surface area contributed by atoms with E-state index < -0.39 is 20.0 Å². The molecule has 6 rings (SSSR count). The molecule has 1 aliphatic rings. The second-order valence-corrected chi connectivity index (χ2v) is 21.5. The summed E-state index contributed by atoms with van der Waals surface area (Å²) in [5.41, 5.74) is 4.81. The summed E-state index contributed by atoms with van der Waals surface area (Å²) in [6, 6.07) is 8.12. The number of aromatic nitrogens is 7. The van der Waals surface area contributed by atoms with Crippen molar-refractivity contribution in [3.8, 4) is 28.3 Å². The fourth-order valence-corrected chi connectivity index (χ4v) is 7.36. The van der Waals surface area contributed by atoms with Gasteiger partial charge in [0, 0.05) is 41.8 Å². The number of aliphatic hydroxyl groups is 1. The third kappa shape index (κ3) is 8.48. The zero-order chi connectivity index (χ0) is 39.0. The quantitative estimate of drug-likeness (QED) is 0.124. The van der Waals surface area contributed by atoms with Gasteiger partial charge in [0.15, 0.2) is 20.2 Å². The maximum absolute atomic E-state index is 12.3. The number of aliphatic hydroxyl groups excluding tert-OH is 1. The zero-order valence-electron chi connectivity index (χ0n) is 33.4. The average molecular weight is 761 g/mol. The number of aryl methyl sites for hydroxylation is 1. The van der Waals surface area contributed by atoms with Crippen LogP contribution < -0.4 is 10.1 Å². The first-order valence-corrected chi connectivity index (χ1v) is 21.8. The number of pyridine rings is 1. The number of carbonyl (C=O) groups excluding carboxylic acids is 1. The van der Waals surface area contributed by atoms with E-state index in [1.807, 2.05) is 62.4 Å². The lowest BCUT2D eigenvalue weighted by atomic mass is 10.0. The highest BCUT2D eigenvalue weighted by Crippen LogP contribution is 2.39. The fraction of sp³-hybridized carbons (Fsp3) is 0.564. The largest absolute Gasteiger partial charge is 0.472 e. The van der Waals surface area contributed by atoms with Gasteiger partial charge in [-0.2, -0.15) is 15.3 Å². The summed E-state index contributed by atoms with van der Waals surface area (Å²) in [6.45, 7) is 20.3. The van der Waals surface area contributed by atoms with Crippen LogP contribution in [-0.2, 0) is 34.1 Å². The van der Waals surface area contributed by atoms with Gasteiger partial charge in [0.1, 0.15) is 17.4 Å². The molecule has 0 saturated carbocycles. The van der Waals surface area contributed by atoms with Gasteiger partial charge in [-0.05, 0) is 83.3 Å². The molecular weight excluding hydrogens is 705 g/mol. The summed E-state index contributed by atoms with van der Waals surface area (Å²) < 4.78 is 29.8. The third-order valence-corrected chi connectivity index (χ3v) is 14.8. The Morgan fingerprint density at radius 1 is 1.07 bits per heavy atom. The molecule has 1 amide bonds. The Hall–Kier alpha value is -4.31. The first-order chi connectivity index (χ1) is 25.5. The molecule has 1 aliphatic heterocycles. The number of alkyl carbamates (subject to hydrolysis) is 1. The number of hydrogen-bond acceptors (Lipinski definition) is 10. The van der Waals surface area contributed by atoms with E-state index in [0.717, 1.165) is 63.6 Å². The maximum Gasteiger partial charge on any atom is 0.407 e. The van der Waals surface area contributed by atoms with Gasteiger partial charge in [0.25, 0.3) is 0 Å². The molecule has 4 aromatic heterocycles. The first kappa shape index (κ1) is 39.4. The Morgan fingerprint density at radius 2 is 1.83 bits per heavy atom. The lowest BCUT2D eigenvalue weighted by Crippen LogP contribution is -2.41. The van der Waals surface area contributed by atoms with Crippen LogP contribution in [0.5, 0.6) is 5.88 Å². The van der Waals surface area contributed by atoms with Crippen molar-refractivity contribution in [1.29, 1.82) is 0 Å². The predicted octanol–water partition coefficient (Wildman–Crippen LogP) is 7.35. The number of benzene rings is 1. The molecule has 14 nitrogen and oxygen atoms in total. The van der Waals surface area contributed by atoms with Crippen molar-refractivity contribution in [3.05, 3.63) is 42.4 Å². The van der Waals surface area contributed by atoms with E-state index in [9.17, 15) is 9.90 Å². The molecule has 2 N–H and O–H groups in total. The molecule has 0 bridgehead atoms. The van der Waals surface area contributed by atoms with Crippen LogP contribution in [0.15, 0.2) is 36.7 Å². The van der Waals surface area contributed by atoms with E-state index in [4.69, 9.17) is 33.8 Å².